The number of nitrogens with zero attached hydrogens (tertiary/aromatic N) is 2. The van der Waals surface area contributed by atoms with Crippen molar-refractivity contribution in [2.45, 2.75) is 32.1 Å². The lowest BCUT2D eigenvalue weighted by atomic mass is 9.73. The first-order chi connectivity index (χ1) is 21.1. The summed E-state index contributed by atoms with van der Waals surface area (Å²) < 4.78 is 22.1. The Bertz CT molecular complexity index is 1700. The number of ketones is 1. The minimum Gasteiger partial charge on any atom is -0.507 e. The Kier molecular flexibility index (Phi) is 8.30. The first kappa shape index (κ1) is 30.1. The topological polar surface area (TPSA) is 144 Å². The lowest BCUT2D eigenvalue weighted by Gasteiger charge is -2.42. The van der Waals surface area contributed by atoms with E-state index in [1.807, 2.05) is 0 Å². The number of aliphatic hydroxyl groups is 1. The van der Waals surface area contributed by atoms with Crippen LogP contribution in [0, 0.1) is 22.4 Å². The first-order valence-electron chi connectivity index (χ1n) is 13.9. The summed E-state index contributed by atoms with van der Waals surface area (Å²) in [5, 5.41) is 33.0. The maximum Gasteiger partial charge on any atom is 0.269 e. The molecule has 0 saturated heterocycles. The number of anilines is 1. The maximum atomic E-state index is 13.9. The number of aryl methyl sites for hydroxylation is 1. The van der Waals surface area contributed by atoms with Gasteiger partial charge in [-0.1, -0.05) is 0 Å². The van der Waals surface area contributed by atoms with Gasteiger partial charge in [-0.15, -0.1) is 0 Å². The number of nitro groups is 1. The van der Waals surface area contributed by atoms with E-state index in [2.05, 4.69) is 0 Å². The van der Waals surface area contributed by atoms with Crippen LogP contribution in [0.4, 0.5) is 11.4 Å². The standard InChI is InChI=1S/C33H33N3O8/c1-18-15-21(36(39)40)11-14-23(18)35-24-7-6-8-25(37)29(24)28(20-16-26(42-3)32(44-5)27(17-20)43-4)30(33(35)34)31(38)19-9-12-22(41-2)13-10-19/h9-17,28,34,38H,6-8H2,1-5H3. The summed E-state index contributed by atoms with van der Waals surface area (Å²) in [6, 6.07) is 14.6. The van der Waals surface area contributed by atoms with Crippen LogP contribution in [0.3, 0.4) is 0 Å². The van der Waals surface area contributed by atoms with E-state index < -0.39 is 10.8 Å². The molecule has 0 fully saturated rings. The molecule has 44 heavy (non-hydrogen) atoms. The number of nitro benzene ring substituents is 1. The lowest BCUT2D eigenvalue weighted by Crippen LogP contribution is -2.42. The largest absolute Gasteiger partial charge is 0.507 e. The minimum absolute atomic E-state index is 0.0672. The molecule has 1 atom stereocenters. The van der Waals surface area contributed by atoms with E-state index in [0.717, 1.165) is 0 Å². The normalized spacial score (nSPS) is 17.7. The van der Waals surface area contributed by atoms with Crippen molar-refractivity contribution >= 4 is 28.8 Å². The Balaban J connectivity index is 1.86. The number of aliphatic hydroxyl groups excluding tert-OH is 1. The number of carbonyl (C=O) groups is 1. The minimum atomic E-state index is -0.865. The molecule has 3 aromatic carbocycles. The van der Waals surface area contributed by atoms with Crippen molar-refractivity contribution in [2.75, 3.05) is 33.3 Å². The molecule has 5 rings (SSSR count). The Hall–Kier alpha value is -5.32. The third-order valence-corrected chi connectivity index (χ3v) is 8.03. The molecule has 1 unspecified atom stereocenters. The molecule has 3 aromatic rings. The number of carbonyl (C=O) groups excluding carboxylic acids is 1. The summed E-state index contributed by atoms with van der Waals surface area (Å²) in [5.74, 6) is 0.404. The molecule has 0 bridgehead atoms. The van der Waals surface area contributed by atoms with Gasteiger partial charge < -0.3 is 24.1 Å². The van der Waals surface area contributed by atoms with E-state index in [1.165, 1.54) is 40.6 Å². The number of rotatable bonds is 8. The molecule has 1 heterocycles. The van der Waals surface area contributed by atoms with Crippen molar-refractivity contribution in [2.24, 2.45) is 0 Å². The Morgan fingerprint density at radius 3 is 2.16 bits per heavy atom. The second-order valence-electron chi connectivity index (χ2n) is 10.4. The summed E-state index contributed by atoms with van der Waals surface area (Å²) in [4.78, 5) is 26.5. The van der Waals surface area contributed by atoms with Gasteiger partial charge in [0, 0.05) is 46.9 Å². The third kappa shape index (κ3) is 5.10. The zero-order chi connectivity index (χ0) is 31.7. The van der Waals surface area contributed by atoms with Crippen LogP contribution in [-0.4, -0.2) is 50.1 Å². The van der Waals surface area contributed by atoms with Gasteiger partial charge in [0.2, 0.25) is 5.75 Å². The fraction of sp³-hybridized carbons (Fsp3) is 0.273. The summed E-state index contributed by atoms with van der Waals surface area (Å²) in [7, 11) is 6.01. The second-order valence-corrected chi connectivity index (χ2v) is 10.4. The van der Waals surface area contributed by atoms with Gasteiger partial charge in [0.25, 0.3) is 5.69 Å². The smallest absolute Gasteiger partial charge is 0.269 e. The van der Waals surface area contributed by atoms with Crippen LogP contribution in [0.2, 0.25) is 0 Å². The number of Topliss-reactive ketones (excluding diaryl/α,β-unsaturated/α-hetero) is 1. The Morgan fingerprint density at radius 1 is 0.955 bits per heavy atom. The molecular weight excluding hydrogens is 566 g/mol. The molecule has 1 aliphatic heterocycles. The van der Waals surface area contributed by atoms with Crippen LogP contribution in [0.25, 0.3) is 5.76 Å². The number of non-ortho nitro benzene ring substituents is 1. The summed E-state index contributed by atoms with van der Waals surface area (Å²) >= 11 is 0. The van der Waals surface area contributed by atoms with Crippen molar-refractivity contribution in [1.29, 1.82) is 5.41 Å². The Morgan fingerprint density at radius 2 is 1.61 bits per heavy atom. The molecule has 0 radical (unpaired) electrons. The quantitative estimate of drug-likeness (QED) is 0.168. The highest BCUT2D eigenvalue weighted by molar-refractivity contribution is 6.20. The predicted molar refractivity (Wildman–Crippen MR) is 165 cm³/mol. The lowest BCUT2D eigenvalue weighted by molar-refractivity contribution is -0.384. The van der Waals surface area contributed by atoms with E-state index in [0.29, 0.717) is 69.5 Å². The highest BCUT2D eigenvalue weighted by Gasteiger charge is 2.44. The monoisotopic (exact) mass is 599 g/mol. The maximum absolute atomic E-state index is 13.9. The van der Waals surface area contributed by atoms with E-state index in [4.69, 9.17) is 18.9 Å². The van der Waals surface area contributed by atoms with E-state index >= 15 is 0 Å². The summed E-state index contributed by atoms with van der Waals surface area (Å²) in [6.07, 6.45) is 1.34. The molecule has 0 aromatic heterocycles. The van der Waals surface area contributed by atoms with Crippen LogP contribution in [0.1, 0.15) is 41.9 Å². The van der Waals surface area contributed by atoms with Crippen LogP contribution in [0.5, 0.6) is 23.0 Å². The average Bonchev–Trinajstić information content (AvgIpc) is 3.03. The fourth-order valence-electron chi connectivity index (χ4n) is 5.97. The second kappa shape index (κ2) is 12.1. The predicted octanol–water partition coefficient (Wildman–Crippen LogP) is 6.50. The SMILES string of the molecule is COc1ccc(C(O)=C2C(=N)N(c3ccc([N+](=O)[O-])cc3C)C3=C(C(=O)CCC3)C2c2cc(OC)c(OC)c(OC)c2)cc1. The number of allylic oxidation sites excluding steroid dienone is 2. The van der Waals surface area contributed by atoms with Crippen LogP contribution in [-0.2, 0) is 4.79 Å². The molecule has 0 amide bonds. The molecule has 2 N–H and O–H groups in total. The van der Waals surface area contributed by atoms with Crippen molar-refractivity contribution in [3.63, 3.8) is 0 Å². The van der Waals surface area contributed by atoms with Crippen molar-refractivity contribution in [3.05, 3.63) is 98.2 Å². The van der Waals surface area contributed by atoms with E-state index in [1.54, 1.807) is 54.3 Å². The number of benzene rings is 3. The fourth-order valence-corrected chi connectivity index (χ4v) is 5.97. The number of methoxy groups -OCH3 is 4. The Labute approximate surface area is 254 Å². The van der Waals surface area contributed by atoms with E-state index in [-0.39, 0.29) is 35.1 Å². The molecule has 11 nitrogen and oxygen atoms in total. The number of hydrogen-bond donors (Lipinski definition) is 2. The average molecular weight is 600 g/mol. The highest BCUT2D eigenvalue weighted by Crippen LogP contribution is 2.51. The van der Waals surface area contributed by atoms with Gasteiger partial charge in [-0.3, -0.25) is 25.2 Å². The van der Waals surface area contributed by atoms with Crippen LogP contribution < -0.4 is 23.8 Å². The molecule has 11 heteroatoms. The number of hydrogen-bond acceptors (Lipinski definition) is 9. The molecule has 1 aliphatic carbocycles. The molecule has 0 saturated carbocycles. The number of ether oxygens (including phenoxy) is 4. The highest BCUT2D eigenvalue weighted by atomic mass is 16.6. The first-order valence-corrected chi connectivity index (χ1v) is 13.9. The van der Waals surface area contributed by atoms with Gasteiger partial charge in [0.05, 0.1) is 39.0 Å². The van der Waals surface area contributed by atoms with Gasteiger partial charge in [0.15, 0.2) is 17.3 Å². The summed E-state index contributed by atoms with van der Waals surface area (Å²) in [5.41, 5.74) is 3.14. The number of nitrogens with one attached hydrogen (secondary N) is 1. The molecule has 228 valence electrons. The van der Waals surface area contributed by atoms with Gasteiger partial charge in [-0.25, -0.2) is 0 Å². The van der Waals surface area contributed by atoms with Crippen molar-refractivity contribution in [1.82, 2.24) is 0 Å². The molecule has 2 aliphatic rings. The van der Waals surface area contributed by atoms with Gasteiger partial charge in [0.1, 0.15) is 17.3 Å². The van der Waals surface area contributed by atoms with E-state index in [9.17, 15) is 25.4 Å². The van der Waals surface area contributed by atoms with Crippen molar-refractivity contribution in [3.8, 4) is 23.0 Å². The zero-order valence-corrected chi connectivity index (χ0v) is 25.1. The molecular formula is C33H33N3O8. The van der Waals surface area contributed by atoms with Crippen molar-refractivity contribution < 1.29 is 33.8 Å². The van der Waals surface area contributed by atoms with Gasteiger partial charge >= 0.3 is 0 Å². The number of amidine groups is 1. The van der Waals surface area contributed by atoms with Gasteiger partial charge in [-0.2, -0.15) is 0 Å². The summed E-state index contributed by atoms with van der Waals surface area (Å²) in [6.45, 7) is 1.72. The van der Waals surface area contributed by atoms with Gasteiger partial charge in [-0.05, 0) is 73.4 Å². The van der Waals surface area contributed by atoms with Crippen LogP contribution >= 0.6 is 0 Å². The van der Waals surface area contributed by atoms with Crippen LogP contribution in [0.15, 0.2) is 71.4 Å². The zero-order valence-electron chi connectivity index (χ0n) is 25.1. The molecule has 0 spiro atoms. The third-order valence-electron chi connectivity index (χ3n) is 8.03.